The number of aromatic carboxylic acids is 1. The van der Waals surface area contributed by atoms with Crippen molar-refractivity contribution in [1.82, 2.24) is 0 Å². The molecule has 0 atom stereocenters. The van der Waals surface area contributed by atoms with E-state index in [0.29, 0.717) is 34.6 Å². The highest BCUT2D eigenvalue weighted by Crippen LogP contribution is 2.56. The lowest BCUT2D eigenvalue weighted by atomic mass is 9.76. The van der Waals surface area contributed by atoms with E-state index in [1.165, 1.54) is 6.07 Å². The molecule has 194 valence electrons. The third-order valence-electron chi connectivity index (χ3n) is 7.22. The quantitative estimate of drug-likeness (QED) is 0.242. The fourth-order valence-electron chi connectivity index (χ4n) is 5.43. The van der Waals surface area contributed by atoms with Crippen LogP contribution in [-0.4, -0.2) is 27.3 Å². The van der Waals surface area contributed by atoms with E-state index in [1.54, 1.807) is 24.3 Å². The van der Waals surface area contributed by atoms with Crippen molar-refractivity contribution < 1.29 is 29.6 Å². The molecule has 1 aliphatic rings. The molecule has 6 nitrogen and oxygen atoms in total. The van der Waals surface area contributed by atoms with Crippen LogP contribution < -0.4 is 0 Å². The molecule has 37 heavy (non-hydrogen) atoms. The van der Waals surface area contributed by atoms with Gasteiger partial charge in [0.2, 0.25) is 0 Å². The Bertz CT molecular complexity index is 1380. The van der Waals surface area contributed by atoms with E-state index in [4.69, 9.17) is 4.74 Å². The van der Waals surface area contributed by atoms with Gasteiger partial charge in [0.1, 0.15) is 11.5 Å². The Morgan fingerprint density at radius 1 is 0.838 bits per heavy atom. The van der Waals surface area contributed by atoms with E-state index >= 15 is 0 Å². The first-order valence-corrected chi connectivity index (χ1v) is 13.8. The van der Waals surface area contributed by atoms with Crippen LogP contribution in [0, 0.1) is 0 Å². The molecule has 1 heterocycles. The SMILES string of the molecule is CCc1cc(C2(c3cc(CC)c(CC)c(Br)c3O)OC(=O)c3c(C(=O)O)cccc32)c(O)c(Br)c1CC. The predicted molar refractivity (Wildman–Crippen MR) is 148 cm³/mol. The monoisotopic (exact) mass is 630 g/mol. The average Bonchev–Trinajstić information content (AvgIpc) is 3.19. The van der Waals surface area contributed by atoms with Crippen molar-refractivity contribution in [3.8, 4) is 11.5 Å². The molecule has 0 unspecified atom stereocenters. The van der Waals surface area contributed by atoms with E-state index in [2.05, 4.69) is 31.9 Å². The topological polar surface area (TPSA) is 104 Å². The van der Waals surface area contributed by atoms with Gasteiger partial charge in [-0.05, 0) is 98.0 Å². The van der Waals surface area contributed by atoms with Crippen LogP contribution in [-0.2, 0) is 36.0 Å². The largest absolute Gasteiger partial charge is 0.506 e. The van der Waals surface area contributed by atoms with Gasteiger partial charge in [0, 0.05) is 16.7 Å². The van der Waals surface area contributed by atoms with Crippen molar-refractivity contribution in [1.29, 1.82) is 0 Å². The summed E-state index contributed by atoms with van der Waals surface area (Å²) in [7, 11) is 0. The summed E-state index contributed by atoms with van der Waals surface area (Å²) in [5.74, 6) is -2.38. The number of phenolic OH excluding ortho intramolecular Hbond substituents is 2. The number of benzene rings is 3. The van der Waals surface area contributed by atoms with Crippen LogP contribution in [0.15, 0.2) is 39.3 Å². The second-order valence-electron chi connectivity index (χ2n) is 8.97. The van der Waals surface area contributed by atoms with Crippen molar-refractivity contribution >= 4 is 43.8 Å². The van der Waals surface area contributed by atoms with Crippen molar-refractivity contribution in [3.05, 3.63) is 89.3 Å². The Morgan fingerprint density at radius 2 is 1.32 bits per heavy atom. The Morgan fingerprint density at radius 3 is 1.73 bits per heavy atom. The number of carboxylic acids is 1. The predicted octanol–water partition coefficient (Wildman–Crippen LogP) is 7.03. The molecule has 0 bridgehead atoms. The highest BCUT2D eigenvalue weighted by Gasteiger charge is 2.53. The Balaban J connectivity index is 2.25. The van der Waals surface area contributed by atoms with Gasteiger partial charge in [-0.3, -0.25) is 0 Å². The zero-order valence-electron chi connectivity index (χ0n) is 21.0. The molecule has 0 radical (unpaired) electrons. The molecular formula is C29H28Br2O6. The summed E-state index contributed by atoms with van der Waals surface area (Å²) in [6, 6.07) is 8.09. The van der Waals surface area contributed by atoms with Crippen molar-refractivity contribution in [2.24, 2.45) is 0 Å². The average molecular weight is 632 g/mol. The van der Waals surface area contributed by atoms with Gasteiger partial charge in [-0.15, -0.1) is 0 Å². The lowest BCUT2D eigenvalue weighted by molar-refractivity contribution is 0.0236. The van der Waals surface area contributed by atoms with Gasteiger partial charge in [0.05, 0.1) is 20.1 Å². The highest BCUT2D eigenvalue weighted by molar-refractivity contribution is 9.11. The maximum atomic E-state index is 13.4. The number of carboxylic acid groups (broad SMARTS) is 1. The minimum Gasteiger partial charge on any atom is -0.506 e. The van der Waals surface area contributed by atoms with Gasteiger partial charge in [-0.2, -0.15) is 0 Å². The second kappa shape index (κ2) is 10.1. The normalized spacial score (nSPS) is 13.9. The van der Waals surface area contributed by atoms with Crippen molar-refractivity contribution in [3.63, 3.8) is 0 Å². The molecule has 0 aromatic heterocycles. The first-order valence-electron chi connectivity index (χ1n) is 12.3. The molecule has 0 amide bonds. The van der Waals surface area contributed by atoms with E-state index in [9.17, 15) is 24.9 Å². The maximum Gasteiger partial charge on any atom is 0.341 e. The van der Waals surface area contributed by atoms with Gasteiger partial charge in [0.25, 0.3) is 0 Å². The fourth-order valence-corrected chi connectivity index (χ4v) is 6.93. The summed E-state index contributed by atoms with van der Waals surface area (Å²) in [5, 5.41) is 32.9. The number of aromatic hydroxyl groups is 2. The lowest BCUT2D eigenvalue weighted by Crippen LogP contribution is -2.31. The van der Waals surface area contributed by atoms with Crippen LogP contribution in [0.3, 0.4) is 0 Å². The van der Waals surface area contributed by atoms with Gasteiger partial charge < -0.3 is 20.1 Å². The molecule has 0 fully saturated rings. The number of ether oxygens (including phenoxy) is 1. The summed E-state index contributed by atoms with van der Waals surface area (Å²) in [4.78, 5) is 25.5. The third kappa shape index (κ3) is 3.96. The summed E-state index contributed by atoms with van der Waals surface area (Å²) in [6.07, 6.45) is 2.61. The van der Waals surface area contributed by atoms with Crippen LogP contribution in [0.2, 0.25) is 0 Å². The van der Waals surface area contributed by atoms with Gasteiger partial charge in [-0.1, -0.05) is 39.8 Å². The Kier molecular flexibility index (Phi) is 7.45. The smallest absolute Gasteiger partial charge is 0.341 e. The molecule has 4 rings (SSSR count). The van der Waals surface area contributed by atoms with Gasteiger partial charge >= 0.3 is 11.9 Å². The third-order valence-corrected chi connectivity index (χ3v) is 8.93. The summed E-state index contributed by atoms with van der Waals surface area (Å²) >= 11 is 7.09. The number of cyclic esters (lactones) is 1. The van der Waals surface area contributed by atoms with Crippen LogP contribution in [0.25, 0.3) is 0 Å². The number of carbonyl (C=O) groups is 2. The van der Waals surface area contributed by atoms with Crippen LogP contribution in [0.1, 0.15) is 87.4 Å². The molecule has 3 aromatic carbocycles. The van der Waals surface area contributed by atoms with Gasteiger partial charge in [0.15, 0.2) is 5.60 Å². The van der Waals surface area contributed by atoms with Crippen molar-refractivity contribution in [2.45, 2.75) is 59.0 Å². The molecule has 0 aliphatic carbocycles. The second-order valence-corrected chi connectivity index (χ2v) is 10.6. The Labute approximate surface area is 232 Å². The van der Waals surface area contributed by atoms with Crippen LogP contribution >= 0.6 is 31.9 Å². The highest BCUT2D eigenvalue weighted by atomic mass is 79.9. The number of hydrogen-bond donors (Lipinski definition) is 3. The molecule has 1 aliphatic heterocycles. The first-order chi connectivity index (χ1) is 17.6. The zero-order valence-corrected chi connectivity index (χ0v) is 24.2. The Hall–Kier alpha value is -2.84. The number of fused-ring (bicyclic) bond motifs is 1. The van der Waals surface area contributed by atoms with E-state index in [-0.39, 0.29) is 39.3 Å². The summed E-state index contributed by atoms with van der Waals surface area (Å²) in [6.45, 7) is 7.95. The number of phenols is 2. The van der Waals surface area contributed by atoms with Crippen molar-refractivity contribution in [2.75, 3.05) is 0 Å². The number of aryl methyl sites for hydroxylation is 2. The van der Waals surface area contributed by atoms with Crippen LogP contribution in [0.5, 0.6) is 11.5 Å². The molecule has 0 saturated carbocycles. The number of esters is 1. The van der Waals surface area contributed by atoms with E-state index < -0.39 is 17.5 Å². The molecule has 0 saturated heterocycles. The number of carbonyl (C=O) groups excluding carboxylic acids is 1. The summed E-state index contributed by atoms with van der Waals surface area (Å²) in [5.41, 5.74) is 2.35. The van der Waals surface area contributed by atoms with Crippen LogP contribution in [0.4, 0.5) is 0 Å². The standard InChI is InChI=1S/C29H28Br2O6/c1-5-14-12-20(25(32)23(30)16(14)7-3)29(21-13-15(6-2)17(8-4)24(31)26(21)33)19-11-9-10-18(27(34)35)22(19)28(36)37-29/h9-13,32-33H,5-8H2,1-4H3,(H,34,35). The lowest BCUT2D eigenvalue weighted by Gasteiger charge is -2.33. The molecule has 3 N–H and O–H groups in total. The zero-order chi connectivity index (χ0) is 27.2. The molecule has 0 spiro atoms. The number of rotatable bonds is 7. The molecule has 8 heteroatoms. The molecular weight excluding hydrogens is 604 g/mol. The first kappa shape index (κ1) is 27.2. The fraction of sp³-hybridized carbons (Fsp3) is 0.310. The number of halogens is 2. The summed E-state index contributed by atoms with van der Waals surface area (Å²) < 4.78 is 7.08. The minimum absolute atomic E-state index is 0.101. The minimum atomic E-state index is -1.79. The van der Waals surface area contributed by atoms with E-state index in [1.807, 2.05) is 27.7 Å². The number of hydrogen-bond acceptors (Lipinski definition) is 5. The van der Waals surface area contributed by atoms with Gasteiger partial charge in [-0.25, -0.2) is 9.59 Å². The molecule has 3 aromatic rings. The van der Waals surface area contributed by atoms with E-state index in [0.717, 1.165) is 22.3 Å². The maximum absolute atomic E-state index is 13.4.